The highest BCUT2D eigenvalue weighted by Crippen LogP contribution is 2.63. The van der Waals surface area contributed by atoms with Gasteiger partial charge in [0.25, 0.3) is 0 Å². The minimum absolute atomic E-state index is 0.341. The molecule has 6 rings (SSSR count). The molecule has 1 saturated carbocycles. The second kappa shape index (κ2) is 8.24. The standard InChI is InChI=1S/C27H31ClN2O2/c1-27(2)21-15-20(25(24(27)16-21)18-3-7-22(28)8-4-18)17-29-11-13-30(14-12-29)23-9-5-19(6-10-23)26(31)32/h3-10,21,24H,11-17H2,1-2H3,(H,31,32)/t21-,24?/m0/s1. The van der Waals surface area contributed by atoms with Gasteiger partial charge in [-0.2, -0.15) is 0 Å². The number of halogens is 1. The number of fused-ring (bicyclic) bond motifs is 1. The van der Waals surface area contributed by atoms with Crippen molar-refractivity contribution in [3.05, 3.63) is 70.3 Å². The molecule has 1 N–H and O–H groups in total. The first-order chi connectivity index (χ1) is 15.3. The molecule has 168 valence electrons. The zero-order valence-corrected chi connectivity index (χ0v) is 19.6. The van der Waals surface area contributed by atoms with Crippen LogP contribution < -0.4 is 4.90 Å². The van der Waals surface area contributed by atoms with Crippen molar-refractivity contribution in [2.45, 2.75) is 26.7 Å². The van der Waals surface area contributed by atoms with Crippen molar-refractivity contribution in [3.63, 3.8) is 0 Å². The lowest BCUT2D eigenvalue weighted by molar-refractivity contribution is 0.00556. The monoisotopic (exact) mass is 450 g/mol. The maximum absolute atomic E-state index is 11.1. The van der Waals surface area contributed by atoms with Crippen LogP contribution in [0.25, 0.3) is 5.57 Å². The van der Waals surface area contributed by atoms with E-state index in [9.17, 15) is 4.79 Å². The number of aromatic carboxylic acids is 1. The third-order valence-electron chi connectivity index (χ3n) is 8.11. The predicted octanol–water partition coefficient (Wildman–Crippen LogP) is 5.68. The third kappa shape index (κ3) is 3.84. The van der Waals surface area contributed by atoms with Crippen LogP contribution in [-0.4, -0.2) is 48.7 Å². The number of nitrogens with zero attached hydrogens (tertiary/aromatic N) is 2. The van der Waals surface area contributed by atoms with E-state index in [1.54, 1.807) is 23.3 Å². The molecular formula is C27H31ClN2O2. The van der Waals surface area contributed by atoms with Gasteiger partial charge in [0, 0.05) is 43.4 Å². The van der Waals surface area contributed by atoms with Crippen LogP contribution in [0, 0.1) is 17.3 Å². The molecule has 1 heterocycles. The highest BCUT2D eigenvalue weighted by atomic mass is 35.5. The van der Waals surface area contributed by atoms with E-state index >= 15 is 0 Å². The number of allylic oxidation sites excluding steroid dienone is 1. The largest absolute Gasteiger partial charge is 0.478 e. The average Bonchev–Trinajstić information content (AvgIpc) is 2.80. The maximum atomic E-state index is 11.1. The molecule has 0 spiro atoms. The molecule has 2 aromatic rings. The van der Waals surface area contributed by atoms with Crippen LogP contribution in [0.15, 0.2) is 54.1 Å². The lowest BCUT2D eigenvalue weighted by Gasteiger charge is -2.58. The molecule has 4 nitrogen and oxygen atoms in total. The first-order valence-electron chi connectivity index (χ1n) is 11.6. The molecule has 2 atom stereocenters. The van der Waals surface area contributed by atoms with E-state index in [0.717, 1.165) is 49.4 Å². The van der Waals surface area contributed by atoms with Crippen LogP contribution in [0.3, 0.4) is 0 Å². The van der Waals surface area contributed by atoms with Gasteiger partial charge in [-0.1, -0.05) is 43.2 Å². The molecule has 5 heteroatoms. The summed E-state index contributed by atoms with van der Waals surface area (Å²) < 4.78 is 0. The molecule has 0 radical (unpaired) electrons. The Hall–Kier alpha value is -2.30. The van der Waals surface area contributed by atoms with Gasteiger partial charge in [-0.3, -0.25) is 4.90 Å². The first kappa shape index (κ1) is 21.5. The molecule has 4 aliphatic rings. The smallest absolute Gasteiger partial charge is 0.335 e. The summed E-state index contributed by atoms with van der Waals surface area (Å²) in [6, 6.07) is 15.7. The van der Waals surface area contributed by atoms with E-state index < -0.39 is 5.97 Å². The van der Waals surface area contributed by atoms with Crippen LogP contribution in [0.4, 0.5) is 5.69 Å². The number of piperazine rings is 1. The summed E-state index contributed by atoms with van der Waals surface area (Å²) in [4.78, 5) is 16.0. The number of hydrogen-bond donors (Lipinski definition) is 1. The Bertz CT molecular complexity index is 1030. The Morgan fingerprint density at radius 3 is 2.28 bits per heavy atom. The molecule has 3 aliphatic carbocycles. The number of hydrogen-bond acceptors (Lipinski definition) is 3. The van der Waals surface area contributed by atoms with Crippen LogP contribution >= 0.6 is 11.6 Å². The normalized spacial score (nSPS) is 24.9. The molecule has 1 saturated heterocycles. The molecular weight excluding hydrogens is 420 g/mol. The first-order valence-corrected chi connectivity index (χ1v) is 12.0. The third-order valence-corrected chi connectivity index (χ3v) is 8.37. The van der Waals surface area contributed by atoms with Crippen LogP contribution in [-0.2, 0) is 0 Å². The Kier molecular flexibility index (Phi) is 5.55. The number of anilines is 1. The zero-order chi connectivity index (χ0) is 22.5. The van der Waals surface area contributed by atoms with E-state index in [2.05, 4.69) is 35.8 Å². The van der Waals surface area contributed by atoms with Gasteiger partial charge >= 0.3 is 5.97 Å². The summed E-state index contributed by atoms with van der Waals surface area (Å²) in [5.41, 5.74) is 6.37. The van der Waals surface area contributed by atoms with E-state index in [4.69, 9.17) is 16.7 Å². The number of benzene rings is 2. The van der Waals surface area contributed by atoms with Gasteiger partial charge in [-0.25, -0.2) is 4.79 Å². The van der Waals surface area contributed by atoms with E-state index in [0.29, 0.717) is 16.9 Å². The Morgan fingerprint density at radius 1 is 1.03 bits per heavy atom. The summed E-state index contributed by atoms with van der Waals surface area (Å²) in [7, 11) is 0. The van der Waals surface area contributed by atoms with Gasteiger partial charge in [0.05, 0.1) is 5.56 Å². The summed E-state index contributed by atoms with van der Waals surface area (Å²) in [5, 5.41) is 9.91. The number of rotatable bonds is 5. The Labute approximate surface area is 195 Å². The van der Waals surface area contributed by atoms with Crippen molar-refractivity contribution >= 4 is 28.8 Å². The van der Waals surface area contributed by atoms with Crippen molar-refractivity contribution < 1.29 is 9.90 Å². The van der Waals surface area contributed by atoms with Crippen molar-refractivity contribution in [2.24, 2.45) is 17.3 Å². The average molecular weight is 451 g/mol. The van der Waals surface area contributed by atoms with Gasteiger partial charge < -0.3 is 10.0 Å². The van der Waals surface area contributed by atoms with E-state index in [1.807, 2.05) is 24.3 Å². The molecule has 32 heavy (non-hydrogen) atoms. The van der Waals surface area contributed by atoms with Crippen molar-refractivity contribution in [1.29, 1.82) is 0 Å². The van der Waals surface area contributed by atoms with Gasteiger partial charge in [-0.15, -0.1) is 0 Å². The van der Waals surface area contributed by atoms with Gasteiger partial charge in [0.1, 0.15) is 0 Å². The quantitative estimate of drug-likeness (QED) is 0.636. The topological polar surface area (TPSA) is 43.8 Å². The van der Waals surface area contributed by atoms with Gasteiger partial charge in [-0.05, 0) is 77.6 Å². The Morgan fingerprint density at radius 2 is 1.69 bits per heavy atom. The summed E-state index contributed by atoms with van der Waals surface area (Å²) >= 11 is 6.18. The second-order valence-corrected chi connectivity index (χ2v) is 10.6. The molecule has 2 bridgehead atoms. The van der Waals surface area contributed by atoms with Crippen molar-refractivity contribution in [3.8, 4) is 0 Å². The van der Waals surface area contributed by atoms with Crippen molar-refractivity contribution in [1.82, 2.24) is 4.90 Å². The number of carbonyl (C=O) groups is 1. The lowest BCUT2D eigenvalue weighted by Crippen LogP contribution is -2.51. The van der Waals surface area contributed by atoms with E-state index in [-0.39, 0.29) is 0 Å². The van der Waals surface area contributed by atoms with Gasteiger partial charge in [0.15, 0.2) is 0 Å². The minimum Gasteiger partial charge on any atom is -0.478 e. The lowest BCUT2D eigenvalue weighted by atomic mass is 9.46. The van der Waals surface area contributed by atoms with Crippen LogP contribution in [0.5, 0.6) is 0 Å². The maximum Gasteiger partial charge on any atom is 0.335 e. The van der Waals surface area contributed by atoms with Gasteiger partial charge in [0.2, 0.25) is 0 Å². The molecule has 1 aliphatic heterocycles. The highest BCUT2D eigenvalue weighted by molar-refractivity contribution is 6.30. The number of carboxylic acid groups (broad SMARTS) is 1. The summed E-state index contributed by atoms with van der Waals surface area (Å²) in [6.45, 7) is 9.91. The predicted molar refractivity (Wildman–Crippen MR) is 130 cm³/mol. The molecule has 0 amide bonds. The minimum atomic E-state index is -0.875. The van der Waals surface area contributed by atoms with Crippen molar-refractivity contribution in [2.75, 3.05) is 37.6 Å². The summed E-state index contributed by atoms with van der Waals surface area (Å²) in [6.07, 6.45) is 2.52. The number of carboxylic acids is 1. The fourth-order valence-electron chi connectivity index (χ4n) is 5.94. The fourth-order valence-corrected chi connectivity index (χ4v) is 6.07. The van der Waals surface area contributed by atoms with E-state index in [1.165, 1.54) is 18.4 Å². The summed E-state index contributed by atoms with van der Waals surface area (Å²) in [5.74, 6) is 0.568. The van der Waals surface area contributed by atoms with Crippen LogP contribution in [0.1, 0.15) is 42.6 Å². The molecule has 1 unspecified atom stereocenters. The Balaban J connectivity index is 1.30. The zero-order valence-electron chi connectivity index (χ0n) is 18.9. The second-order valence-electron chi connectivity index (χ2n) is 10.2. The molecule has 2 fully saturated rings. The fraction of sp³-hybridized carbons (Fsp3) is 0.444. The SMILES string of the molecule is CC1(C)C2C[C@@H]1CC(CN1CCN(c3ccc(C(=O)O)cc3)CC1)=C2c1ccc(Cl)cc1. The molecule has 2 aromatic carbocycles. The molecule has 0 aromatic heterocycles. The van der Waals surface area contributed by atoms with Crippen LogP contribution in [0.2, 0.25) is 5.02 Å². The highest BCUT2D eigenvalue weighted by Gasteiger charge is 2.53.